The zero-order valence-electron chi connectivity index (χ0n) is 24.6. The second kappa shape index (κ2) is 13.4. The molecule has 13 heteroatoms. The van der Waals surface area contributed by atoms with Crippen LogP contribution in [-0.4, -0.2) is 59.9 Å². The number of hydrogen-bond acceptors (Lipinski definition) is 8. The average molecular weight is 618 g/mol. The maximum absolute atomic E-state index is 15.9. The van der Waals surface area contributed by atoms with Crippen LogP contribution < -0.4 is 20.7 Å². The fourth-order valence-electron chi connectivity index (χ4n) is 5.65. The van der Waals surface area contributed by atoms with Crippen molar-refractivity contribution in [2.75, 3.05) is 27.4 Å². The van der Waals surface area contributed by atoms with Crippen molar-refractivity contribution < 1.29 is 28.4 Å². The molecule has 5 rings (SSSR count). The number of nitrogens with zero attached hydrogens (tertiary/aromatic N) is 4. The molecule has 12 nitrogen and oxygen atoms in total. The van der Waals surface area contributed by atoms with Gasteiger partial charge in [0.25, 0.3) is 5.56 Å². The van der Waals surface area contributed by atoms with Gasteiger partial charge in [-0.1, -0.05) is 59.7 Å². The molecule has 4 aromatic rings. The van der Waals surface area contributed by atoms with Crippen LogP contribution in [0.25, 0.3) is 10.4 Å². The summed E-state index contributed by atoms with van der Waals surface area (Å²) in [5.74, 6) is 1.23. The number of benzene rings is 3. The third-order valence-corrected chi connectivity index (χ3v) is 8.00. The summed E-state index contributed by atoms with van der Waals surface area (Å²) in [5.41, 5.74) is 6.34. The van der Waals surface area contributed by atoms with Crippen molar-refractivity contribution in [2.45, 2.75) is 36.1 Å². The molecule has 0 bridgehead atoms. The number of aliphatic hydroxyl groups is 1. The summed E-state index contributed by atoms with van der Waals surface area (Å²) in [6, 6.07) is 24.9. The predicted octanol–water partition coefficient (Wildman–Crippen LogP) is 4.23. The topological polar surface area (TPSA) is 161 Å². The van der Waals surface area contributed by atoms with Crippen LogP contribution in [0.1, 0.15) is 29.3 Å². The van der Waals surface area contributed by atoms with Crippen molar-refractivity contribution >= 4 is 0 Å². The first-order chi connectivity index (χ1) is 21.8. The van der Waals surface area contributed by atoms with Gasteiger partial charge in [-0.25, -0.2) is 9.18 Å². The second-order valence-electron chi connectivity index (χ2n) is 10.5. The SMILES string of the molecule is COc1ccc(C(OC[C@@]2(CCN=[N+]=[N-])O[C@@H](n3ccc(=O)[nH]c3=O)[C@H](F)[C@H]2O)(c2ccccc2)c2ccc(OC)cc2)cc1. The number of hydrogen-bond donors (Lipinski definition) is 2. The summed E-state index contributed by atoms with van der Waals surface area (Å²) in [7, 11) is 3.12. The Morgan fingerprint density at radius 2 is 1.56 bits per heavy atom. The molecule has 1 aliphatic rings. The molecule has 0 radical (unpaired) electrons. The minimum atomic E-state index is -2.10. The Kier molecular flexibility index (Phi) is 9.35. The van der Waals surface area contributed by atoms with Gasteiger partial charge in [0, 0.05) is 23.7 Å². The number of aromatic nitrogens is 2. The Hall–Kier alpha value is -4.94. The third-order valence-electron chi connectivity index (χ3n) is 8.00. The molecule has 1 aromatic heterocycles. The van der Waals surface area contributed by atoms with E-state index in [4.69, 9.17) is 24.5 Å². The van der Waals surface area contributed by atoms with Gasteiger partial charge in [-0.15, -0.1) is 0 Å². The lowest BCUT2D eigenvalue weighted by Crippen LogP contribution is -2.49. The number of halogens is 1. The summed E-state index contributed by atoms with van der Waals surface area (Å²) >= 11 is 0. The van der Waals surface area contributed by atoms with E-state index >= 15 is 4.39 Å². The number of nitrogens with one attached hydrogen (secondary N) is 1. The number of ether oxygens (including phenoxy) is 4. The highest BCUT2D eigenvalue weighted by Crippen LogP contribution is 2.46. The number of aliphatic hydroxyl groups excluding tert-OH is 1. The van der Waals surface area contributed by atoms with Gasteiger partial charge < -0.3 is 24.1 Å². The normalized spacial score (nSPS) is 21.2. The smallest absolute Gasteiger partial charge is 0.330 e. The van der Waals surface area contributed by atoms with Crippen molar-refractivity contribution in [2.24, 2.45) is 5.11 Å². The van der Waals surface area contributed by atoms with Gasteiger partial charge in [0.1, 0.15) is 28.8 Å². The lowest BCUT2D eigenvalue weighted by molar-refractivity contribution is -0.163. The van der Waals surface area contributed by atoms with Crippen molar-refractivity contribution in [3.05, 3.63) is 139 Å². The summed E-state index contributed by atoms with van der Waals surface area (Å²) in [5, 5.41) is 15.0. The molecular formula is C32H32FN5O7. The van der Waals surface area contributed by atoms with Gasteiger partial charge in [0.2, 0.25) is 0 Å². The lowest BCUT2D eigenvalue weighted by atomic mass is 9.79. The quantitative estimate of drug-likeness (QED) is 0.104. The van der Waals surface area contributed by atoms with Crippen LogP contribution in [0.3, 0.4) is 0 Å². The molecule has 2 heterocycles. The summed E-state index contributed by atoms with van der Waals surface area (Å²) in [6.07, 6.45) is -4.57. The molecule has 4 atom stereocenters. The van der Waals surface area contributed by atoms with Crippen LogP contribution in [0.2, 0.25) is 0 Å². The van der Waals surface area contributed by atoms with Crippen LogP contribution in [0.4, 0.5) is 4.39 Å². The monoisotopic (exact) mass is 617 g/mol. The van der Waals surface area contributed by atoms with Gasteiger partial charge in [-0.3, -0.25) is 14.3 Å². The number of aromatic amines is 1. The molecule has 1 aliphatic heterocycles. The lowest BCUT2D eigenvalue weighted by Gasteiger charge is -2.40. The van der Waals surface area contributed by atoms with E-state index in [0.29, 0.717) is 28.2 Å². The van der Waals surface area contributed by atoms with E-state index in [9.17, 15) is 14.7 Å². The third kappa shape index (κ3) is 6.06. The molecule has 0 unspecified atom stereocenters. The number of H-pyrrole nitrogens is 1. The average Bonchev–Trinajstić information content (AvgIpc) is 3.31. The highest BCUT2D eigenvalue weighted by molar-refractivity contribution is 5.49. The van der Waals surface area contributed by atoms with E-state index in [1.807, 2.05) is 54.6 Å². The van der Waals surface area contributed by atoms with Crippen LogP contribution >= 0.6 is 0 Å². The zero-order valence-corrected chi connectivity index (χ0v) is 24.6. The number of azide groups is 1. The van der Waals surface area contributed by atoms with E-state index < -0.39 is 47.6 Å². The molecule has 1 fully saturated rings. The molecule has 234 valence electrons. The molecule has 0 spiro atoms. The van der Waals surface area contributed by atoms with E-state index in [1.54, 1.807) is 38.5 Å². The van der Waals surface area contributed by atoms with E-state index in [1.165, 1.54) is 0 Å². The highest BCUT2D eigenvalue weighted by atomic mass is 19.1. The van der Waals surface area contributed by atoms with Crippen LogP contribution in [0.5, 0.6) is 11.5 Å². The van der Waals surface area contributed by atoms with Gasteiger partial charge in [-0.2, -0.15) is 0 Å². The predicted molar refractivity (Wildman–Crippen MR) is 162 cm³/mol. The Morgan fingerprint density at radius 1 is 0.978 bits per heavy atom. The van der Waals surface area contributed by atoms with Gasteiger partial charge in [0.15, 0.2) is 12.4 Å². The first-order valence-corrected chi connectivity index (χ1v) is 14.1. The maximum atomic E-state index is 15.9. The van der Waals surface area contributed by atoms with Gasteiger partial charge in [-0.05, 0) is 52.9 Å². The maximum Gasteiger partial charge on any atom is 0.330 e. The molecular weight excluding hydrogens is 585 g/mol. The fraction of sp³-hybridized carbons (Fsp3) is 0.312. The minimum Gasteiger partial charge on any atom is -0.497 e. The fourth-order valence-corrected chi connectivity index (χ4v) is 5.65. The van der Waals surface area contributed by atoms with E-state index in [-0.39, 0.29) is 13.0 Å². The van der Waals surface area contributed by atoms with Crippen molar-refractivity contribution in [3.8, 4) is 11.5 Å². The zero-order chi connectivity index (χ0) is 32.0. The Bertz CT molecular complexity index is 1710. The number of alkyl halides is 1. The molecule has 45 heavy (non-hydrogen) atoms. The Labute approximate surface area is 257 Å². The van der Waals surface area contributed by atoms with Crippen LogP contribution in [0, 0.1) is 0 Å². The van der Waals surface area contributed by atoms with Crippen molar-refractivity contribution in [3.63, 3.8) is 0 Å². The number of rotatable bonds is 12. The van der Waals surface area contributed by atoms with Crippen LogP contribution in [0.15, 0.2) is 106 Å². The summed E-state index contributed by atoms with van der Waals surface area (Å²) < 4.78 is 40.6. The molecule has 3 aromatic carbocycles. The molecule has 1 saturated heterocycles. The largest absolute Gasteiger partial charge is 0.497 e. The van der Waals surface area contributed by atoms with Gasteiger partial charge in [0.05, 0.1) is 20.8 Å². The molecule has 0 amide bonds. The second-order valence-corrected chi connectivity index (χ2v) is 10.5. The number of methoxy groups -OCH3 is 2. The van der Waals surface area contributed by atoms with E-state index in [0.717, 1.165) is 16.8 Å². The van der Waals surface area contributed by atoms with Gasteiger partial charge >= 0.3 is 5.69 Å². The van der Waals surface area contributed by atoms with Crippen molar-refractivity contribution in [1.29, 1.82) is 0 Å². The standard InChI is InChI=1S/C32H32FN5O7/c1-42-24-12-8-22(9-13-24)32(21-6-4-3-5-7-21,23-10-14-25(43-2)15-11-23)44-20-31(17-18-35-37-34)28(40)27(33)29(45-31)38-19-16-26(39)36-30(38)41/h3-16,19,27-29,40H,17-18,20H2,1-2H3,(H,36,39,41)/t27-,28-,29-,31-/m1/s1. The molecule has 0 aliphatic carbocycles. The highest BCUT2D eigenvalue weighted by Gasteiger charge is 2.57. The molecule has 2 N–H and O–H groups in total. The molecule has 0 saturated carbocycles. The van der Waals surface area contributed by atoms with E-state index in [2.05, 4.69) is 15.0 Å². The minimum absolute atomic E-state index is 0.149. The first kappa shape index (κ1) is 31.5. The Morgan fingerprint density at radius 3 is 2.09 bits per heavy atom. The summed E-state index contributed by atoms with van der Waals surface area (Å²) in [4.78, 5) is 29.1. The van der Waals surface area contributed by atoms with Crippen molar-refractivity contribution in [1.82, 2.24) is 9.55 Å². The summed E-state index contributed by atoms with van der Waals surface area (Å²) in [6.45, 7) is -0.572. The first-order valence-electron chi connectivity index (χ1n) is 14.1. The van der Waals surface area contributed by atoms with Crippen LogP contribution in [-0.2, 0) is 15.1 Å². The Balaban J connectivity index is 1.65.